The molecule has 148 valence electrons. The Morgan fingerprint density at radius 1 is 1.07 bits per heavy atom. The summed E-state index contributed by atoms with van der Waals surface area (Å²) in [6.45, 7) is 0.960. The van der Waals surface area contributed by atoms with Crippen molar-refractivity contribution in [3.63, 3.8) is 0 Å². The lowest BCUT2D eigenvalue weighted by Crippen LogP contribution is -2.47. The fourth-order valence-electron chi connectivity index (χ4n) is 4.24. The molecular weight excluding hydrogens is 367 g/mol. The minimum atomic E-state index is -4.35. The molecule has 2 aliphatic heterocycles. The molecule has 0 aliphatic carbocycles. The molecule has 0 spiro atoms. The average Bonchev–Trinajstić information content (AvgIpc) is 2.72. The number of aryl methyl sites for hydroxylation is 1. The van der Waals surface area contributed by atoms with Crippen molar-refractivity contribution in [2.45, 2.75) is 43.8 Å². The lowest BCUT2D eigenvalue weighted by atomic mass is 9.86. The molecule has 7 heteroatoms. The van der Waals surface area contributed by atoms with Gasteiger partial charge in [0.25, 0.3) is 0 Å². The number of fused-ring (bicyclic) bond motifs is 1. The maximum absolute atomic E-state index is 13.3. The second-order valence-electron chi connectivity index (χ2n) is 7.42. The van der Waals surface area contributed by atoms with Crippen LogP contribution in [0.5, 0.6) is 0 Å². The first-order valence-electron chi connectivity index (χ1n) is 9.59. The fourth-order valence-corrected chi connectivity index (χ4v) is 4.24. The highest BCUT2D eigenvalue weighted by atomic mass is 19.4. The number of piperidine rings is 1. The van der Waals surface area contributed by atoms with Gasteiger partial charge in [-0.15, -0.1) is 0 Å². The monoisotopic (exact) mass is 389 g/mol. The quantitative estimate of drug-likeness (QED) is 0.836. The number of carbonyl (C=O) groups excluding carboxylic acids is 1. The molecule has 0 saturated carbocycles. The molecule has 1 atom stereocenters. The van der Waals surface area contributed by atoms with Gasteiger partial charge in [-0.25, -0.2) is 0 Å². The van der Waals surface area contributed by atoms with E-state index in [1.807, 2.05) is 12.1 Å². The molecule has 1 aromatic heterocycles. The van der Waals surface area contributed by atoms with Gasteiger partial charge in [0.15, 0.2) is 0 Å². The second-order valence-corrected chi connectivity index (χ2v) is 7.42. The van der Waals surface area contributed by atoms with Gasteiger partial charge in [0.05, 0.1) is 16.9 Å². The van der Waals surface area contributed by atoms with Crippen molar-refractivity contribution in [1.82, 2.24) is 9.88 Å². The number of likely N-dealkylation sites (tertiary alicyclic amines) is 1. The number of halogens is 3. The molecule has 28 heavy (non-hydrogen) atoms. The summed E-state index contributed by atoms with van der Waals surface area (Å²) in [4.78, 5) is 19.0. The van der Waals surface area contributed by atoms with Crippen LogP contribution < -0.4 is 5.32 Å². The number of hydrogen-bond donors (Lipinski definition) is 1. The minimum absolute atomic E-state index is 0.0251. The van der Waals surface area contributed by atoms with Crippen LogP contribution in [0.25, 0.3) is 0 Å². The van der Waals surface area contributed by atoms with Crippen LogP contribution in [0.3, 0.4) is 0 Å². The predicted octanol–water partition coefficient (Wildman–Crippen LogP) is 4.23. The topological polar surface area (TPSA) is 45.2 Å². The van der Waals surface area contributed by atoms with E-state index in [0.29, 0.717) is 37.9 Å². The Labute approximate surface area is 161 Å². The molecular formula is C21H22F3N3O. The molecule has 1 amide bonds. The highest BCUT2D eigenvalue weighted by molar-refractivity contribution is 5.85. The highest BCUT2D eigenvalue weighted by Crippen LogP contribution is 2.38. The van der Waals surface area contributed by atoms with E-state index in [1.54, 1.807) is 23.2 Å². The summed E-state index contributed by atoms with van der Waals surface area (Å²) in [5, 5.41) is 3.26. The van der Waals surface area contributed by atoms with Crippen LogP contribution in [0.2, 0.25) is 0 Å². The lowest BCUT2D eigenvalue weighted by Gasteiger charge is -2.36. The van der Waals surface area contributed by atoms with Crippen LogP contribution >= 0.6 is 0 Å². The van der Waals surface area contributed by atoms with Gasteiger partial charge in [0, 0.05) is 19.3 Å². The molecule has 3 heterocycles. The standard InChI is InChI=1S/C21H22F3N3O/c22-21(23,24)16-5-2-1-4-15(16)14-9-12-27(13-10-14)20(28)19-8-7-17-18(26-19)6-3-11-25-17/h1-6,11,14,19,26H,7-10,12-13H2. The van der Waals surface area contributed by atoms with Gasteiger partial charge >= 0.3 is 6.18 Å². The number of nitrogens with one attached hydrogen (secondary N) is 1. The first-order chi connectivity index (χ1) is 13.4. The number of benzene rings is 1. The molecule has 4 rings (SSSR count). The lowest BCUT2D eigenvalue weighted by molar-refractivity contribution is -0.139. The summed E-state index contributed by atoms with van der Waals surface area (Å²) in [5.41, 5.74) is 1.64. The summed E-state index contributed by atoms with van der Waals surface area (Å²) in [6.07, 6.45) is -0.0920. The van der Waals surface area contributed by atoms with E-state index in [-0.39, 0.29) is 17.9 Å². The minimum Gasteiger partial charge on any atom is -0.372 e. The largest absolute Gasteiger partial charge is 0.416 e. The highest BCUT2D eigenvalue weighted by Gasteiger charge is 2.37. The summed E-state index contributed by atoms with van der Waals surface area (Å²) < 4.78 is 39.9. The number of hydrogen-bond acceptors (Lipinski definition) is 3. The van der Waals surface area contributed by atoms with E-state index in [2.05, 4.69) is 10.3 Å². The summed E-state index contributed by atoms with van der Waals surface area (Å²) in [6, 6.07) is 9.24. The first kappa shape index (κ1) is 18.8. The van der Waals surface area contributed by atoms with Gasteiger partial charge < -0.3 is 10.2 Å². The van der Waals surface area contributed by atoms with E-state index >= 15 is 0 Å². The van der Waals surface area contributed by atoms with Gasteiger partial charge in [0.2, 0.25) is 5.91 Å². The number of amides is 1. The normalized spacial score (nSPS) is 20.4. The van der Waals surface area contributed by atoms with E-state index < -0.39 is 11.7 Å². The Balaban J connectivity index is 1.41. The maximum Gasteiger partial charge on any atom is 0.416 e. The number of anilines is 1. The van der Waals surface area contributed by atoms with Crippen LogP contribution in [0.15, 0.2) is 42.6 Å². The number of pyridine rings is 1. The van der Waals surface area contributed by atoms with E-state index in [0.717, 1.165) is 23.9 Å². The third kappa shape index (κ3) is 3.70. The number of carbonyl (C=O) groups is 1. The van der Waals surface area contributed by atoms with E-state index in [4.69, 9.17) is 0 Å². The molecule has 2 aromatic rings. The van der Waals surface area contributed by atoms with Crippen molar-refractivity contribution >= 4 is 11.6 Å². The molecule has 0 radical (unpaired) electrons. The van der Waals surface area contributed by atoms with E-state index in [9.17, 15) is 18.0 Å². The van der Waals surface area contributed by atoms with Gasteiger partial charge in [-0.1, -0.05) is 18.2 Å². The van der Waals surface area contributed by atoms with Crippen molar-refractivity contribution in [2.24, 2.45) is 0 Å². The Hall–Kier alpha value is -2.57. The van der Waals surface area contributed by atoms with Gasteiger partial charge in [-0.2, -0.15) is 13.2 Å². The van der Waals surface area contributed by atoms with Crippen molar-refractivity contribution in [3.05, 3.63) is 59.4 Å². The number of alkyl halides is 3. The van der Waals surface area contributed by atoms with Gasteiger partial charge in [-0.05, 0) is 55.4 Å². The summed E-state index contributed by atoms with van der Waals surface area (Å²) >= 11 is 0. The first-order valence-corrected chi connectivity index (χ1v) is 9.59. The average molecular weight is 389 g/mol. The number of aromatic nitrogens is 1. The molecule has 1 fully saturated rings. The Morgan fingerprint density at radius 3 is 2.57 bits per heavy atom. The van der Waals surface area contributed by atoms with Crippen LogP contribution in [-0.4, -0.2) is 34.9 Å². The molecule has 2 aliphatic rings. The van der Waals surface area contributed by atoms with E-state index in [1.165, 1.54) is 6.07 Å². The SMILES string of the molecule is O=C(C1CCc2ncccc2N1)N1CCC(c2ccccc2C(F)(F)F)CC1. The molecule has 4 nitrogen and oxygen atoms in total. The molecule has 1 N–H and O–H groups in total. The van der Waals surface area contributed by atoms with Crippen molar-refractivity contribution in [1.29, 1.82) is 0 Å². The zero-order chi connectivity index (χ0) is 19.7. The molecule has 1 aromatic carbocycles. The smallest absolute Gasteiger partial charge is 0.372 e. The third-order valence-corrected chi connectivity index (χ3v) is 5.70. The van der Waals surface area contributed by atoms with Gasteiger partial charge in [-0.3, -0.25) is 9.78 Å². The van der Waals surface area contributed by atoms with Crippen molar-refractivity contribution < 1.29 is 18.0 Å². The number of nitrogens with zero attached hydrogens (tertiary/aromatic N) is 2. The summed E-state index contributed by atoms with van der Waals surface area (Å²) in [7, 11) is 0. The molecule has 1 unspecified atom stereocenters. The zero-order valence-electron chi connectivity index (χ0n) is 15.4. The van der Waals surface area contributed by atoms with Crippen LogP contribution in [0.1, 0.15) is 42.0 Å². The zero-order valence-corrected chi connectivity index (χ0v) is 15.4. The Morgan fingerprint density at radius 2 is 1.82 bits per heavy atom. The predicted molar refractivity (Wildman–Crippen MR) is 100.0 cm³/mol. The third-order valence-electron chi connectivity index (χ3n) is 5.70. The summed E-state index contributed by atoms with van der Waals surface area (Å²) in [5.74, 6) is -0.150. The Kier molecular flexibility index (Phi) is 5.00. The molecule has 1 saturated heterocycles. The van der Waals surface area contributed by atoms with Crippen LogP contribution in [0.4, 0.5) is 18.9 Å². The van der Waals surface area contributed by atoms with Crippen molar-refractivity contribution in [3.8, 4) is 0 Å². The van der Waals surface area contributed by atoms with Crippen LogP contribution in [-0.2, 0) is 17.4 Å². The maximum atomic E-state index is 13.3. The molecule has 0 bridgehead atoms. The van der Waals surface area contributed by atoms with Crippen LogP contribution in [0, 0.1) is 0 Å². The Bertz CT molecular complexity index is 860. The number of rotatable bonds is 2. The van der Waals surface area contributed by atoms with Crippen molar-refractivity contribution in [2.75, 3.05) is 18.4 Å². The fraction of sp³-hybridized carbons (Fsp3) is 0.429. The second kappa shape index (κ2) is 7.45. The van der Waals surface area contributed by atoms with Gasteiger partial charge in [0.1, 0.15) is 6.04 Å².